The highest BCUT2D eigenvalue weighted by Gasteiger charge is 2.28. The van der Waals surface area contributed by atoms with Crippen molar-refractivity contribution in [3.8, 4) is 0 Å². The number of ether oxygens (including phenoxy) is 2. The molecule has 0 aromatic carbocycles. The summed E-state index contributed by atoms with van der Waals surface area (Å²) in [5.74, 6) is -1.52. The Labute approximate surface area is 89.1 Å². The Morgan fingerprint density at radius 3 is 2.53 bits per heavy atom. The zero-order chi connectivity index (χ0) is 11.3. The van der Waals surface area contributed by atoms with Gasteiger partial charge < -0.3 is 14.8 Å². The number of amides is 1. The second-order valence-electron chi connectivity index (χ2n) is 4.10. The average molecular weight is 215 g/mol. The van der Waals surface area contributed by atoms with Gasteiger partial charge in [-0.2, -0.15) is 0 Å². The molecule has 1 aliphatic heterocycles. The summed E-state index contributed by atoms with van der Waals surface area (Å²) < 4.78 is 9.55. The predicted octanol–water partition coefficient (Wildman–Crippen LogP) is 0.0923. The van der Waals surface area contributed by atoms with E-state index in [-0.39, 0.29) is 5.41 Å². The molecule has 1 heterocycles. The molecule has 0 saturated carbocycles. The third-order valence-corrected chi connectivity index (χ3v) is 2.75. The van der Waals surface area contributed by atoms with E-state index in [1.807, 2.05) is 0 Å². The van der Waals surface area contributed by atoms with Crippen molar-refractivity contribution in [1.29, 1.82) is 0 Å². The second kappa shape index (κ2) is 5.11. The Balaban J connectivity index is 2.35. The predicted molar refractivity (Wildman–Crippen MR) is 53.2 cm³/mol. The Morgan fingerprint density at radius 2 is 2.00 bits per heavy atom. The zero-order valence-corrected chi connectivity index (χ0v) is 9.17. The van der Waals surface area contributed by atoms with Crippen LogP contribution in [0.3, 0.4) is 0 Å². The van der Waals surface area contributed by atoms with E-state index in [1.165, 1.54) is 7.11 Å². The summed E-state index contributed by atoms with van der Waals surface area (Å²) in [6.07, 6.45) is 1.79. The summed E-state index contributed by atoms with van der Waals surface area (Å²) in [6, 6.07) is 0. The van der Waals surface area contributed by atoms with Crippen molar-refractivity contribution in [2.45, 2.75) is 19.8 Å². The fourth-order valence-electron chi connectivity index (χ4n) is 1.50. The first-order chi connectivity index (χ1) is 7.07. The van der Waals surface area contributed by atoms with Crippen LogP contribution < -0.4 is 5.32 Å². The molecule has 0 atom stereocenters. The van der Waals surface area contributed by atoms with Crippen LogP contribution in [0.4, 0.5) is 0 Å². The summed E-state index contributed by atoms with van der Waals surface area (Å²) >= 11 is 0. The summed E-state index contributed by atoms with van der Waals surface area (Å²) in [4.78, 5) is 22.0. The minimum Gasteiger partial charge on any atom is -0.462 e. The standard InChI is InChI=1S/C10H17NO4/c1-10(3-5-15-6-4-10)7-11-8(12)9(13)14-2/h3-7H2,1-2H3,(H,11,12). The molecule has 5 nitrogen and oxygen atoms in total. The SMILES string of the molecule is COC(=O)C(=O)NCC1(C)CCOCC1. The monoisotopic (exact) mass is 215 g/mol. The maximum Gasteiger partial charge on any atom is 0.396 e. The van der Waals surface area contributed by atoms with Crippen LogP contribution in [0, 0.1) is 5.41 Å². The molecule has 1 amide bonds. The number of esters is 1. The Morgan fingerprint density at radius 1 is 1.40 bits per heavy atom. The maximum atomic E-state index is 11.1. The van der Waals surface area contributed by atoms with Crippen LogP contribution >= 0.6 is 0 Å². The smallest absolute Gasteiger partial charge is 0.396 e. The molecule has 0 bridgehead atoms. The fraction of sp³-hybridized carbons (Fsp3) is 0.800. The first-order valence-electron chi connectivity index (χ1n) is 5.01. The Bertz CT molecular complexity index is 246. The van der Waals surface area contributed by atoms with E-state index in [2.05, 4.69) is 17.0 Å². The number of methoxy groups -OCH3 is 1. The van der Waals surface area contributed by atoms with E-state index < -0.39 is 11.9 Å². The zero-order valence-electron chi connectivity index (χ0n) is 9.17. The maximum absolute atomic E-state index is 11.1. The van der Waals surface area contributed by atoms with Gasteiger partial charge in [0, 0.05) is 19.8 Å². The van der Waals surface area contributed by atoms with E-state index in [0.29, 0.717) is 19.8 Å². The van der Waals surface area contributed by atoms with Crippen LogP contribution in [0.5, 0.6) is 0 Å². The molecule has 1 aliphatic rings. The topological polar surface area (TPSA) is 64.6 Å². The van der Waals surface area contributed by atoms with Gasteiger partial charge in [0.25, 0.3) is 0 Å². The number of nitrogens with one attached hydrogen (secondary N) is 1. The highest BCUT2D eigenvalue weighted by Crippen LogP contribution is 2.28. The molecule has 0 aromatic rings. The first kappa shape index (κ1) is 12.0. The second-order valence-corrected chi connectivity index (χ2v) is 4.10. The van der Waals surface area contributed by atoms with E-state index in [4.69, 9.17) is 4.74 Å². The Hall–Kier alpha value is -1.10. The van der Waals surface area contributed by atoms with Gasteiger partial charge in [0.05, 0.1) is 7.11 Å². The molecule has 0 radical (unpaired) electrons. The van der Waals surface area contributed by atoms with Gasteiger partial charge >= 0.3 is 11.9 Å². The lowest BCUT2D eigenvalue weighted by Gasteiger charge is -2.33. The van der Waals surface area contributed by atoms with Crippen molar-refractivity contribution in [1.82, 2.24) is 5.32 Å². The van der Waals surface area contributed by atoms with Gasteiger partial charge in [-0.1, -0.05) is 6.92 Å². The molecular formula is C10H17NO4. The molecule has 15 heavy (non-hydrogen) atoms. The molecule has 0 spiro atoms. The summed E-state index contributed by atoms with van der Waals surface area (Å²) in [6.45, 7) is 3.99. The molecule has 1 fully saturated rings. The fourth-order valence-corrected chi connectivity index (χ4v) is 1.50. The molecule has 86 valence electrons. The van der Waals surface area contributed by atoms with Gasteiger partial charge in [-0.3, -0.25) is 4.79 Å². The van der Waals surface area contributed by atoms with Crippen LogP contribution in [0.25, 0.3) is 0 Å². The molecule has 1 saturated heterocycles. The largest absolute Gasteiger partial charge is 0.462 e. The number of hydrogen-bond acceptors (Lipinski definition) is 4. The lowest BCUT2D eigenvalue weighted by atomic mass is 9.82. The van der Waals surface area contributed by atoms with E-state index in [9.17, 15) is 9.59 Å². The van der Waals surface area contributed by atoms with Gasteiger partial charge in [0.1, 0.15) is 0 Å². The van der Waals surface area contributed by atoms with Gasteiger partial charge in [-0.05, 0) is 18.3 Å². The van der Waals surface area contributed by atoms with Crippen LogP contribution in [0.1, 0.15) is 19.8 Å². The van der Waals surface area contributed by atoms with Crippen LogP contribution in [0.2, 0.25) is 0 Å². The van der Waals surface area contributed by atoms with Crippen molar-refractivity contribution >= 4 is 11.9 Å². The minimum atomic E-state index is -0.842. The molecule has 0 aliphatic carbocycles. The van der Waals surface area contributed by atoms with Gasteiger partial charge in [-0.15, -0.1) is 0 Å². The lowest BCUT2D eigenvalue weighted by Crippen LogP contribution is -2.42. The number of rotatable bonds is 2. The van der Waals surface area contributed by atoms with Crippen LogP contribution in [-0.4, -0.2) is 38.7 Å². The van der Waals surface area contributed by atoms with Gasteiger partial charge in [0.15, 0.2) is 0 Å². The van der Waals surface area contributed by atoms with Crippen molar-refractivity contribution in [3.05, 3.63) is 0 Å². The quantitative estimate of drug-likeness (QED) is 0.524. The third kappa shape index (κ3) is 3.51. The Kier molecular flexibility index (Phi) is 4.08. The number of carbonyl (C=O) groups excluding carboxylic acids is 2. The van der Waals surface area contributed by atoms with Crippen molar-refractivity contribution in [2.24, 2.45) is 5.41 Å². The van der Waals surface area contributed by atoms with E-state index in [0.717, 1.165) is 12.8 Å². The summed E-state index contributed by atoms with van der Waals surface area (Å²) in [7, 11) is 1.19. The molecule has 0 aromatic heterocycles. The number of carbonyl (C=O) groups is 2. The summed E-state index contributed by atoms with van der Waals surface area (Å²) in [5.41, 5.74) is 0.0297. The number of hydrogen-bond donors (Lipinski definition) is 1. The molecule has 1 rings (SSSR count). The highest BCUT2D eigenvalue weighted by molar-refractivity contribution is 6.32. The highest BCUT2D eigenvalue weighted by atomic mass is 16.5. The lowest BCUT2D eigenvalue weighted by molar-refractivity contribution is -0.153. The minimum absolute atomic E-state index is 0.0297. The van der Waals surface area contributed by atoms with Crippen molar-refractivity contribution in [3.63, 3.8) is 0 Å². The average Bonchev–Trinajstić information content (AvgIpc) is 2.26. The normalized spacial score (nSPS) is 19.3. The first-order valence-corrected chi connectivity index (χ1v) is 5.01. The van der Waals surface area contributed by atoms with Crippen LogP contribution in [-0.2, 0) is 19.1 Å². The van der Waals surface area contributed by atoms with Gasteiger partial charge in [-0.25, -0.2) is 4.79 Å². The van der Waals surface area contributed by atoms with Crippen LogP contribution in [0.15, 0.2) is 0 Å². The molecular weight excluding hydrogens is 198 g/mol. The van der Waals surface area contributed by atoms with Crippen molar-refractivity contribution < 1.29 is 19.1 Å². The van der Waals surface area contributed by atoms with Crippen molar-refractivity contribution in [2.75, 3.05) is 26.9 Å². The molecule has 0 unspecified atom stereocenters. The van der Waals surface area contributed by atoms with E-state index >= 15 is 0 Å². The van der Waals surface area contributed by atoms with Gasteiger partial charge in [0.2, 0.25) is 0 Å². The summed E-state index contributed by atoms with van der Waals surface area (Å²) in [5, 5.41) is 2.57. The molecule has 5 heteroatoms. The molecule has 1 N–H and O–H groups in total. The van der Waals surface area contributed by atoms with E-state index in [1.54, 1.807) is 0 Å². The third-order valence-electron chi connectivity index (χ3n) is 2.75.